The highest BCUT2D eigenvalue weighted by Gasteiger charge is 2.19. The van der Waals surface area contributed by atoms with E-state index in [0.29, 0.717) is 5.92 Å². The Morgan fingerprint density at radius 2 is 2.58 bits per heavy atom. The van der Waals surface area contributed by atoms with Crippen LogP contribution in [-0.2, 0) is 11.3 Å². The smallest absolute Gasteiger partial charge is 0.252 e. The molecular formula is C7H8N4O. The van der Waals surface area contributed by atoms with Gasteiger partial charge in [0.05, 0.1) is 13.2 Å². The van der Waals surface area contributed by atoms with Gasteiger partial charge in [0.15, 0.2) is 0 Å². The van der Waals surface area contributed by atoms with Crippen LogP contribution in [0.3, 0.4) is 0 Å². The number of nitriles is 1. The van der Waals surface area contributed by atoms with Gasteiger partial charge in [-0.15, -0.1) is 5.10 Å². The molecule has 0 spiro atoms. The van der Waals surface area contributed by atoms with E-state index >= 15 is 0 Å². The molecule has 0 bridgehead atoms. The molecule has 1 aromatic rings. The fourth-order valence-corrected chi connectivity index (χ4v) is 1.09. The van der Waals surface area contributed by atoms with Gasteiger partial charge in [-0.2, -0.15) is 5.26 Å². The zero-order valence-corrected chi connectivity index (χ0v) is 6.47. The van der Waals surface area contributed by atoms with Gasteiger partial charge >= 0.3 is 0 Å². The Balaban J connectivity index is 1.99. The zero-order chi connectivity index (χ0) is 8.39. The molecular weight excluding hydrogens is 156 g/mol. The van der Waals surface area contributed by atoms with Crippen LogP contribution in [-0.4, -0.2) is 28.0 Å². The summed E-state index contributed by atoms with van der Waals surface area (Å²) in [6.07, 6.45) is 1.58. The quantitative estimate of drug-likeness (QED) is 0.607. The van der Waals surface area contributed by atoms with Crippen molar-refractivity contribution in [3.63, 3.8) is 0 Å². The van der Waals surface area contributed by atoms with Crippen LogP contribution in [0.4, 0.5) is 0 Å². The number of hydrogen-bond donors (Lipinski definition) is 0. The maximum Gasteiger partial charge on any atom is 0.252 e. The molecule has 1 fully saturated rings. The molecule has 0 N–H and O–H groups in total. The zero-order valence-electron chi connectivity index (χ0n) is 6.47. The molecule has 2 heterocycles. The first-order valence-electron chi connectivity index (χ1n) is 3.76. The van der Waals surface area contributed by atoms with Gasteiger partial charge in [-0.3, -0.25) is 4.68 Å². The van der Waals surface area contributed by atoms with Crippen molar-refractivity contribution in [2.75, 3.05) is 13.2 Å². The second-order valence-corrected chi connectivity index (χ2v) is 2.81. The number of aromatic nitrogens is 3. The lowest BCUT2D eigenvalue weighted by Gasteiger charge is -2.25. The van der Waals surface area contributed by atoms with E-state index in [1.807, 2.05) is 6.07 Å². The van der Waals surface area contributed by atoms with E-state index in [1.165, 1.54) is 0 Å². The lowest BCUT2D eigenvalue weighted by Crippen LogP contribution is -2.31. The molecule has 1 aromatic heterocycles. The standard InChI is InChI=1S/C7H8N4O/c8-1-7-9-5-11(10-7)2-6-3-12-4-6/h5-6H,2-4H2. The van der Waals surface area contributed by atoms with Gasteiger partial charge in [0, 0.05) is 12.5 Å². The Hall–Kier alpha value is -1.41. The molecule has 12 heavy (non-hydrogen) atoms. The molecule has 5 nitrogen and oxygen atoms in total. The fraction of sp³-hybridized carbons (Fsp3) is 0.571. The fourth-order valence-electron chi connectivity index (χ4n) is 1.09. The Morgan fingerprint density at radius 1 is 1.75 bits per heavy atom. The van der Waals surface area contributed by atoms with Crippen molar-refractivity contribution >= 4 is 0 Å². The van der Waals surface area contributed by atoms with E-state index in [-0.39, 0.29) is 5.82 Å². The van der Waals surface area contributed by atoms with Crippen molar-refractivity contribution in [1.82, 2.24) is 14.8 Å². The summed E-state index contributed by atoms with van der Waals surface area (Å²) in [7, 11) is 0. The van der Waals surface area contributed by atoms with Gasteiger partial charge in [-0.25, -0.2) is 4.98 Å². The number of hydrogen-bond acceptors (Lipinski definition) is 4. The summed E-state index contributed by atoms with van der Waals surface area (Å²) >= 11 is 0. The average molecular weight is 164 g/mol. The average Bonchev–Trinajstić information content (AvgIpc) is 2.44. The van der Waals surface area contributed by atoms with Crippen molar-refractivity contribution in [3.8, 4) is 6.07 Å². The highest BCUT2D eigenvalue weighted by Crippen LogP contribution is 2.11. The largest absolute Gasteiger partial charge is 0.381 e. The third kappa shape index (κ3) is 1.29. The first-order valence-corrected chi connectivity index (χ1v) is 3.76. The first-order chi connectivity index (χ1) is 5.88. The minimum atomic E-state index is 0.232. The van der Waals surface area contributed by atoms with E-state index in [2.05, 4.69) is 10.1 Å². The summed E-state index contributed by atoms with van der Waals surface area (Å²) in [5, 5.41) is 12.4. The molecule has 0 aromatic carbocycles. The SMILES string of the molecule is N#Cc1ncn(CC2COC2)n1. The summed E-state index contributed by atoms with van der Waals surface area (Å²) in [5.74, 6) is 0.772. The molecule has 0 unspecified atom stereocenters. The predicted molar refractivity (Wildman–Crippen MR) is 39.0 cm³/mol. The van der Waals surface area contributed by atoms with Crippen LogP contribution < -0.4 is 0 Å². The molecule has 0 radical (unpaired) electrons. The van der Waals surface area contributed by atoms with Crippen molar-refractivity contribution in [3.05, 3.63) is 12.2 Å². The van der Waals surface area contributed by atoms with E-state index in [4.69, 9.17) is 10.00 Å². The van der Waals surface area contributed by atoms with Crippen LogP contribution in [0.15, 0.2) is 6.33 Å². The molecule has 62 valence electrons. The Morgan fingerprint density at radius 3 is 3.08 bits per heavy atom. The number of ether oxygens (including phenoxy) is 1. The van der Waals surface area contributed by atoms with E-state index in [9.17, 15) is 0 Å². The van der Waals surface area contributed by atoms with E-state index in [0.717, 1.165) is 19.8 Å². The molecule has 5 heteroatoms. The van der Waals surface area contributed by atoms with Gasteiger partial charge in [0.2, 0.25) is 0 Å². The molecule has 2 rings (SSSR count). The molecule has 0 atom stereocenters. The third-order valence-corrected chi connectivity index (χ3v) is 1.79. The van der Waals surface area contributed by atoms with Gasteiger partial charge in [0.1, 0.15) is 12.4 Å². The summed E-state index contributed by atoms with van der Waals surface area (Å²) < 4.78 is 6.70. The molecule has 1 aliphatic rings. The second kappa shape index (κ2) is 2.91. The van der Waals surface area contributed by atoms with Crippen molar-refractivity contribution in [1.29, 1.82) is 5.26 Å². The Labute approximate surface area is 69.6 Å². The van der Waals surface area contributed by atoms with Crippen molar-refractivity contribution < 1.29 is 4.74 Å². The van der Waals surface area contributed by atoms with Crippen molar-refractivity contribution in [2.24, 2.45) is 5.92 Å². The topological polar surface area (TPSA) is 63.7 Å². The Kier molecular flexibility index (Phi) is 1.76. The predicted octanol–water partition coefficient (Wildman–Crippen LogP) is -0.204. The normalized spacial score (nSPS) is 16.9. The minimum Gasteiger partial charge on any atom is -0.381 e. The number of nitrogens with zero attached hydrogens (tertiary/aromatic N) is 4. The molecule has 1 saturated heterocycles. The van der Waals surface area contributed by atoms with Crippen LogP contribution in [0.25, 0.3) is 0 Å². The van der Waals surface area contributed by atoms with Crippen LogP contribution in [0, 0.1) is 17.2 Å². The van der Waals surface area contributed by atoms with Gasteiger partial charge in [0.25, 0.3) is 5.82 Å². The molecule has 1 aliphatic heterocycles. The highest BCUT2D eigenvalue weighted by atomic mass is 16.5. The van der Waals surface area contributed by atoms with Crippen molar-refractivity contribution in [2.45, 2.75) is 6.54 Å². The molecule has 0 aliphatic carbocycles. The summed E-state index contributed by atoms with van der Waals surface area (Å²) in [4.78, 5) is 3.80. The van der Waals surface area contributed by atoms with Crippen LogP contribution >= 0.6 is 0 Å². The van der Waals surface area contributed by atoms with E-state index < -0.39 is 0 Å². The summed E-state index contributed by atoms with van der Waals surface area (Å²) in [5.41, 5.74) is 0. The minimum absolute atomic E-state index is 0.232. The lowest BCUT2D eigenvalue weighted by molar-refractivity contribution is -0.0409. The number of rotatable bonds is 2. The lowest BCUT2D eigenvalue weighted by atomic mass is 10.1. The van der Waals surface area contributed by atoms with Crippen LogP contribution in [0.1, 0.15) is 5.82 Å². The van der Waals surface area contributed by atoms with Crippen LogP contribution in [0.2, 0.25) is 0 Å². The van der Waals surface area contributed by atoms with Gasteiger partial charge < -0.3 is 4.74 Å². The first kappa shape index (κ1) is 7.25. The highest BCUT2D eigenvalue weighted by molar-refractivity contribution is 5.05. The van der Waals surface area contributed by atoms with E-state index in [1.54, 1.807) is 11.0 Å². The maximum atomic E-state index is 8.44. The second-order valence-electron chi connectivity index (χ2n) is 2.81. The monoisotopic (exact) mass is 164 g/mol. The molecule has 0 saturated carbocycles. The Bertz CT molecular complexity index is 309. The third-order valence-electron chi connectivity index (χ3n) is 1.79. The maximum absolute atomic E-state index is 8.44. The summed E-state index contributed by atoms with van der Waals surface area (Å²) in [6, 6.07) is 1.88. The van der Waals surface area contributed by atoms with Crippen LogP contribution in [0.5, 0.6) is 0 Å². The van der Waals surface area contributed by atoms with Gasteiger partial charge in [-0.1, -0.05) is 0 Å². The molecule has 0 amide bonds. The summed E-state index contributed by atoms with van der Waals surface area (Å²) in [6.45, 7) is 2.39. The van der Waals surface area contributed by atoms with Gasteiger partial charge in [-0.05, 0) is 0 Å².